The van der Waals surface area contributed by atoms with E-state index in [0.29, 0.717) is 6.42 Å². The van der Waals surface area contributed by atoms with Crippen LogP contribution in [0.1, 0.15) is 38.1 Å². The quantitative estimate of drug-likeness (QED) is 0.911. The Labute approximate surface area is 113 Å². The van der Waals surface area contributed by atoms with Crippen LogP contribution < -0.4 is 5.32 Å². The molecule has 1 aliphatic heterocycles. The minimum atomic E-state index is 0.0444. The van der Waals surface area contributed by atoms with E-state index in [-0.39, 0.29) is 11.8 Å². The van der Waals surface area contributed by atoms with Crippen LogP contribution in [-0.4, -0.2) is 22.2 Å². The van der Waals surface area contributed by atoms with Gasteiger partial charge in [-0.05, 0) is 26.2 Å². The number of carbonyl (C=O) groups excluding carboxylic acids is 1. The van der Waals surface area contributed by atoms with Gasteiger partial charge in [-0.2, -0.15) is 5.10 Å². The number of aryl methyl sites for hydroxylation is 2. The molecule has 1 atom stereocenters. The van der Waals surface area contributed by atoms with E-state index in [9.17, 15) is 4.79 Å². The Kier molecular flexibility index (Phi) is 4.27. The lowest BCUT2D eigenvalue weighted by Crippen LogP contribution is -2.37. The highest BCUT2D eigenvalue weighted by atomic mass is 35.5. The Bertz CT molecular complexity index is 442. The van der Waals surface area contributed by atoms with Gasteiger partial charge < -0.3 is 5.32 Å². The van der Waals surface area contributed by atoms with Crippen LogP contribution in [0.15, 0.2) is 0 Å². The molecule has 5 heteroatoms. The molecule has 0 aliphatic carbocycles. The summed E-state index contributed by atoms with van der Waals surface area (Å²) in [6.45, 7) is 5.69. The Morgan fingerprint density at radius 2 is 2.28 bits per heavy atom. The normalized spacial score (nSPS) is 19.9. The molecular weight excluding hydrogens is 250 g/mol. The van der Waals surface area contributed by atoms with Gasteiger partial charge in [0.2, 0.25) is 5.91 Å². The minimum absolute atomic E-state index is 0.0444. The molecule has 0 bridgehead atoms. The third kappa shape index (κ3) is 2.53. The highest BCUT2D eigenvalue weighted by Gasteiger charge is 2.25. The number of nitrogens with one attached hydrogen (secondary N) is 1. The van der Waals surface area contributed by atoms with Gasteiger partial charge in [0.25, 0.3) is 0 Å². The lowest BCUT2D eigenvalue weighted by Gasteiger charge is -2.22. The van der Waals surface area contributed by atoms with Crippen LogP contribution >= 0.6 is 11.6 Å². The van der Waals surface area contributed by atoms with Crippen molar-refractivity contribution in [2.75, 3.05) is 6.54 Å². The maximum atomic E-state index is 11.8. The summed E-state index contributed by atoms with van der Waals surface area (Å²) >= 11 is 6.36. The fourth-order valence-corrected chi connectivity index (χ4v) is 2.82. The number of amides is 1. The van der Waals surface area contributed by atoms with Crippen molar-refractivity contribution >= 4 is 17.5 Å². The second kappa shape index (κ2) is 5.74. The first-order valence-electron chi connectivity index (χ1n) is 6.69. The number of nitrogens with zero attached hydrogens (tertiary/aromatic N) is 2. The fourth-order valence-electron chi connectivity index (χ4n) is 2.48. The summed E-state index contributed by atoms with van der Waals surface area (Å²) < 4.78 is 1.93. The van der Waals surface area contributed by atoms with Gasteiger partial charge in [0.05, 0.1) is 16.4 Å². The molecule has 0 saturated carbocycles. The van der Waals surface area contributed by atoms with E-state index in [0.717, 1.165) is 48.8 Å². The van der Waals surface area contributed by atoms with Gasteiger partial charge in [-0.15, -0.1) is 0 Å². The zero-order valence-corrected chi connectivity index (χ0v) is 11.8. The van der Waals surface area contributed by atoms with Gasteiger partial charge in [0.15, 0.2) is 0 Å². The van der Waals surface area contributed by atoms with Crippen LogP contribution in [0.4, 0.5) is 0 Å². The van der Waals surface area contributed by atoms with Crippen molar-refractivity contribution in [2.24, 2.45) is 5.92 Å². The molecule has 1 unspecified atom stereocenters. The van der Waals surface area contributed by atoms with Gasteiger partial charge >= 0.3 is 0 Å². The SMILES string of the molecule is CCc1nn(CC)c(CC2CCCNC2=O)c1Cl. The molecule has 18 heavy (non-hydrogen) atoms. The molecular formula is C13H20ClN3O. The highest BCUT2D eigenvalue weighted by molar-refractivity contribution is 6.31. The average molecular weight is 270 g/mol. The topological polar surface area (TPSA) is 46.9 Å². The summed E-state index contributed by atoms with van der Waals surface area (Å²) in [6.07, 6.45) is 3.52. The van der Waals surface area contributed by atoms with Gasteiger partial charge in [-0.1, -0.05) is 18.5 Å². The Balaban J connectivity index is 2.21. The monoisotopic (exact) mass is 269 g/mol. The molecule has 1 saturated heterocycles. The van der Waals surface area contributed by atoms with Gasteiger partial charge in [0.1, 0.15) is 0 Å². The Hall–Kier alpha value is -1.03. The van der Waals surface area contributed by atoms with E-state index in [2.05, 4.69) is 10.4 Å². The van der Waals surface area contributed by atoms with Crippen molar-refractivity contribution in [1.82, 2.24) is 15.1 Å². The first-order chi connectivity index (χ1) is 8.67. The Morgan fingerprint density at radius 1 is 1.50 bits per heavy atom. The first-order valence-corrected chi connectivity index (χ1v) is 7.06. The molecule has 0 spiro atoms. The van der Waals surface area contributed by atoms with Crippen molar-refractivity contribution in [1.29, 1.82) is 0 Å². The second-order valence-electron chi connectivity index (χ2n) is 4.71. The molecule has 0 aromatic carbocycles. The summed E-state index contributed by atoms with van der Waals surface area (Å²) in [5.74, 6) is 0.196. The number of carbonyl (C=O) groups is 1. The first kappa shape index (κ1) is 13.4. The maximum Gasteiger partial charge on any atom is 0.223 e. The predicted molar refractivity (Wildman–Crippen MR) is 71.7 cm³/mol. The molecule has 1 aromatic rings. The van der Waals surface area contributed by atoms with Crippen LogP contribution in [0, 0.1) is 5.92 Å². The van der Waals surface area contributed by atoms with Crippen molar-refractivity contribution < 1.29 is 4.79 Å². The van der Waals surface area contributed by atoms with Crippen LogP contribution in [0.3, 0.4) is 0 Å². The van der Waals surface area contributed by atoms with Gasteiger partial charge in [-0.3, -0.25) is 9.48 Å². The van der Waals surface area contributed by atoms with Crippen LogP contribution in [0.5, 0.6) is 0 Å². The maximum absolute atomic E-state index is 11.8. The van der Waals surface area contributed by atoms with Gasteiger partial charge in [0, 0.05) is 25.4 Å². The lowest BCUT2D eigenvalue weighted by molar-refractivity contribution is -0.126. The zero-order chi connectivity index (χ0) is 13.1. The molecule has 2 rings (SSSR count). The third-order valence-corrected chi connectivity index (χ3v) is 3.97. The van der Waals surface area contributed by atoms with E-state index in [1.165, 1.54) is 0 Å². The summed E-state index contributed by atoms with van der Waals surface area (Å²) in [7, 11) is 0. The summed E-state index contributed by atoms with van der Waals surface area (Å²) in [5.41, 5.74) is 1.95. The summed E-state index contributed by atoms with van der Waals surface area (Å²) in [5, 5.41) is 8.16. The molecule has 1 fully saturated rings. The molecule has 4 nitrogen and oxygen atoms in total. The molecule has 100 valence electrons. The molecule has 1 aromatic heterocycles. The number of piperidine rings is 1. The largest absolute Gasteiger partial charge is 0.356 e. The van der Waals surface area contributed by atoms with Crippen LogP contribution in [0.25, 0.3) is 0 Å². The second-order valence-corrected chi connectivity index (χ2v) is 5.09. The summed E-state index contributed by atoms with van der Waals surface area (Å²) in [6, 6.07) is 0. The minimum Gasteiger partial charge on any atom is -0.356 e. The lowest BCUT2D eigenvalue weighted by atomic mass is 9.93. The number of hydrogen-bond donors (Lipinski definition) is 1. The third-order valence-electron chi connectivity index (χ3n) is 3.53. The van der Waals surface area contributed by atoms with E-state index in [1.54, 1.807) is 0 Å². The molecule has 0 radical (unpaired) electrons. The number of halogens is 1. The van der Waals surface area contributed by atoms with Gasteiger partial charge in [-0.25, -0.2) is 0 Å². The van der Waals surface area contributed by atoms with Crippen molar-refractivity contribution in [3.05, 3.63) is 16.4 Å². The molecule has 1 aliphatic rings. The average Bonchev–Trinajstić information content (AvgIpc) is 2.69. The van der Waals surface area contributed by atoms with Crippen molar-refractivity contribution in [2.45, 2.75) is 46.1 Å². The molecule has 1 N–H and O–H groups in total. The fraction of sp³-hybridized carbons (Fsp3) is 0.692. The van der Waals surface area contributed by atoms with Crippen molar-refractivity contribution in [3.63, 3.8) is 0 Å². The molecule has 1 amide bonds. The zero-order valence-electron chi connectivity index (χ0n) is 11.0. The standard InChI is InChI=1S/C13H20ClN3O/c1-3-10-12(14)11(17(4-2)16-10)8-9-6-5-7-15-13(9)18/h9H,3-8H2,1-2H3,(H,15,18). The highest BCUT2D eigenvalue weighted by Crippen LogP contribution is 2.26. The number of hydrogen-bond acceptors (Lipinski definition) is 2. The molecule has 2 heterocycles. The Morgan fingerprint density at radius 3 is 2.89 bits per heavy atom. The summed E-state index contributed by atoms with van der Waals surface area (Å²) in [4.78, 5) is 11.8. The number of rotatable bonds is 4. The van der Waals surface area contributed by atoms with Crippen LogP contribution in [-0.2, 0) is 24.2 Å². The van der Waals surface area contributed by atoms with E-state index in [4.69, 9.17) is 11.6 Å². The van der Waals surface area contributed by atoms with E-state index in [1.807, 2.05) is 18.5 Å². The van der Waals surface area contributed by atoms with E-state index < -0.39 is 0 Å². The smallest absolute Gasteiger partial charge is 0.223 e. The number of aromatic nitrogens is 2. The van der Waals surface area contributed by atoms with Crippen LogP contribution in [0.2, 0.25) is 5.02 Å². The van der Waals surface area contributed by atoms with E-state index >= 15 is 0 Å². The van der Waals surface area contributed by atoms with Crippen molar-refractivity contribution in [3.8, 4) is 0 Å². The predicted octanol–water partition coefficient (Wildman–Crippen LogP) is 2.19.